The van der Waals surface area contributed by atoms with E-state index in [-0.39, 0.29) is 18.0 Å². The molecule has 9 heteroatoms. The molecule has 2 aliphatic heterocycles. The lowest BCUT2D eigenvalue weighted by Crippen LogP contribution is -2.44. The van der Waals surface area contributed by atoms with E-state index in [2.05, 4.69) is 94.7 Å². The van der Waals surface area contributed by atoms with Gasteiger partial charge in [-0.05, 0) is 83.0 Å². The van der Waals surface area contributed by atoms with Crippen LogP contribution in [-0.2, 0) is 15.1 Å². The van der Waals surface area contributed by atoms with E-state index in [1.54, 1.807) is 0 Å². The number of pyridine rings is 1. The summed E-state index contributed by atoms with van der Waals surface area (Å²) in [5, 5.41) is 14.8. The highest BCUT2D eigenvalue weighted by Crippen LogP contribution is 2.42. The molecule has 1 amide bonds. The fourth-order valence-electron chi connectivity index (χ4n) is 6.71. The van der Waals surface area contributed by atoms with Crippen LogP contribution in [0.4, 0.5) is 0 Å². The molecule has 2 aliphatic rings. The van der Waals surface area contributed by atoms with E-state index < -0.39 is 5.54 Å². The van der Waals surface area contributed by atoms with Gasteiger partial charge in [0.2, 0.25) is 5.91 Å². The van der Waals surface area contributed by atoms with E-state index in [0.717, 1.165) is 64.8 Å². The molecule has 0 spiro atoms. The van der Waals surface area contributed by atoms with Crippen molar-refractivity contribution in [3.05, 3.63) is 89.3 Å². The Bertz CT molecular complexity index is 1720. The van der Waals surface area contributed by atoms with Crippen LogP contribution in [0.1, 0.15) is 62.4 Å². The maximum atomic E-state index is 12.8. The number of rotatable bonds is 8. The number of carbonyl (C=O) groups is 1. The highest BCUT2D eigenvalue weighted by molar-refractivity contribution is 6.06. The van der Waals surface area contributed by atoms with Crippen molar-refractivity contribution < 1.29 is 9.53 Å². The number of amides is 1. The number of nitrogens with one attached hydrogen (secondary N) is 1. The molecule has 2 atom stereocenters. The van der Waals surface area contributed by atoms with Crippen molar-refractivity contribution in [2.45, 2.75) is 51.2 Å². The second-order valence-electron chi connectivity index (χ2n) is 13.0. The average molecular weight is 594 g/mol. The molecule has 2 aromatic heterocycles. The molecule has 0 bridgehead atoms. The van der Waals surface area contributed by atoms with Gasteiger partial charge in [0, 0.05) is 37.4 Å². The van der Waals surface area contributed by atoms with E-state index in [1.807, 2.05) is 44.2 Å². The minimum absolute atomic E-state index is 0.00610. The van der Waals surface area contributed by atoms with Gasteiger partial charge in [-0.25, -0.2) is 0 Å². The molecule has 0 saturated carbocycles. The lowest BCUT2D eigenvalue weighted by atomic mass is 9.86. The smallest absolute Gasteiger partial charge is 0.234 e. The molecule has 4 heterocycles. The lowest BCUT2D eigenvalue weighted by Gasteiger charge is -2.33. The second-order valence-corrected chi connectivity index (χ2v) is 13.0. The standard InChI is InChI=1S/C35H43N7O2/c1-23-18-29(41(6)39-38-23)26-19-31-33(36-21-26)28-13-12-27(35(2,3)37-32(43)22-40(4)5)20-30(28)42(31)34(24-10-8-7-9-11-24)25-14-16-44-17-15-25/h7-13,18-21,25,29,34H,14-17,22H2,1-6H3,(H,37,43). The van der Waals surface area contributed by atoms with Gasteiger partial charge in [0.15, 0.2) is 0 Å². The largest absolute Gasteiger partial charge is 0.381 e. The molecular weight excluding hydrogens is 550 g/mol. The fraction of sp³-hybridized carbons (Fsp3) is 0.429. The van der Waals surface area contributed by atoms with E-state index in [0.29, 0.717) is 12.5 Å². The Morgan fingerprint density at radius 3 is 2.57 bits per heavy atom. The summed E-state index contributed by atoms with van der Waals surface area (Å²) in [5.41, 5.74) is 6.88. The minimum Gasteiger partial charge on any atom is -0.381 e. The summed E-state index contributed by atoms with van der Waals surface area (Å²) in [4.78, 5) is 19.8. The molecule has 4 aromatic rings. The lowest BCUT2D eigenvalue weighted by molar-refractivity contribution is -0.123. The van der Waals surface area contributed by atoms with Crippen molar-refractivity contribution in [1.29, 1.82) is 0 Å². The number of benzene rings is 2. The predicted molar refractivity (Wildman–Crippen MR) is 174 cm³/mol. The van der Waals surface area contributed by atoms with Gasteiger partial charge in [-0.1, -0.05) is 47.7 Å². The molecule has 9 nitrogen and oxygen atoms in total. The molecule has 6 rings (SSSR count). The summed E-state index contributed by atoms with van der Waals surface area (Å²) in [7, 11) is 5.76. The van der Waals surface area contributed by atoms with Crippen LogP contribution in [0, 0.1) is 5.92 Å². The molecule has 1 saturated heterocycles. The Balaban J connectivity index is 1.58. The van der Waals surface area contributed by atoms with Crippen LogP contribution in [0.2, 0.25) is 0 Å². The third-order valence-electron chi connectivity index (χ3n) is 8.91. The fourth-order valence-corrected chi connectivity index (χ4v) is 6.71. The van der Waals surface area contributed by atoms with Crippen molar-refractivity contribution in [2.75, 3.05) is 40.9 Å². The van der Waals surface area contributed by atoms with Crippen LogP contribution < -0.4 is 5.32 Å². The van der Waals surface area contributed by atoms with Crippen LogP contribution in [0.15, 0.2) is 82.9 Å². The van der Waals surface area contributed by atoms with Gasteiger partial charge in [0.05, 0.1) is 46.4 Å². The SMILES string of the molecule is CC1=CC(c2cnc3c4ccc(C(C)(C)NC(=O)CN(C)C)cc4n(C(c4ccccc4)C4CCOCC4)c3c2)N(C)N=N1. The third kappa shape index (κ3) is 5.86. The number of carbonyl (C=O) groups excluding carboxylic acids is 1. The first-order valence-corrected chi connectivity index (χ1v) is 15.5. The third-order valence-corrected chi connectivity index (χ3v) is 8.91. The van der Waals surface area contributed by atoms with Crippen LogP contribution >= 0.6 is 0 Å². The molecule has 230 valence electrons. The molecule has 44 heavy (non-hydrogen) atoms. The van der Waals surface area contributed by atoms with Gasteiger partial charge < -0.3 is 19.5 Å². The van der Waals surface area contributed by atoms with Gasteiger partial charge in [-0.3, -0.25) is 14.8 Å². The van der Waals surface area contributed by atoms with Crippen molar-refractivity contribution >= 4 is 27.8 Å². The normalized spacial score (nSPS) is 18.7. The second kappa shape index (κ2) is 12.1. The number of fused-ring (bicyclic) bond motifs is 3. The Morgan fingerprint density at radius 1 is 1.09 bits per heavy atom. The minimum atomic E-state index is -0.569. The molecule has 2 unspecified atom stereocenters. The number of hydrogen-bond acceptors (Lipinski definition) is 7. The topological polar surface area (TPSA) is 87.4 Å². The summed E-state index contributed by atoms with van der Waals surface area (Å²) in [6.45, 7) is 7.96. The highest BCUT2D eigenvalue weighted by Gasteiger charge is 2.32. The van der Waals surface area contributed by atoms with Crippen LogP contribution in [0.3, 0.4) is 0 Å². The van der Waals surface area contributed by atoms with Gasteiger partial charge in [-0.2, -0.15) is 0 Å². The maximum absolute atomic E-state index is 12.8. The molecule has 0 radical (unpaired) electrons. The number of aromatic nitrogens is 2. The Kier molecular flexibility index (Phi) is 8.26. The monoisotopic (exact) mass is 593 g/mol. The Hall–Kier alpha value is -4.08. The highest BCUT2D eigenvalue weighted by atomic mass is 16.5. The first-order chi connectivity index (χ1) is 21.1. The molecule has 1 fully saturated rings. The van der Waals surface area contributed by atoms with Gasteiger partial charge >= 0.3 is 0 Å². The van der Waals surface area contributed by atoms with Gasteiger partial charge in [0.1, 0.15) is 0 Å². The van der Waals surface area contributed by atoms with Crippen molar-refractivity contribution in [3.8, 4) is 0 Å². The number of nitrogens with zero attached hydrogens (tertiary/aromatic N) is 6. The van der Waals surface area contributed by atoms with Crippen molar-refractivity contribution in [3.63, 3.8) is 0 Å². The number of ether oxygens (including phenoxy) is 1. The van der Waals surface area contributed by atoms with Crippen LogP contribution in [-0.4, -0.2) is 66.3 Å². The zero-order chi connectivity index (χ0) is 31.0. The van der Waals surface area contributed by atoms with E-state index in [9.17, 15) is 4.79 Å². The van der Waals surface area contributed by atoms with Crippen LogP contribution in [0.5, 0.6) is 0 Å². The quantitative estimate of drug-likeness (QED) is 0.256. The van der Waals surface area contributed by atoms with E-state index in [4.69, 9.17) is 9.72 Å². The molecule has 1 N–H and O–H groups in total. The first-order valence-electron chi connectivity index (χ1n) is 15.5. The predicted octanol–water partition coefficient (Wildman–Crippen LogP) is 6.38. The molecule has 2 aromatic carbocycles. The number of allylic oxidation sites excluding steroid dienone is 1. The summed E-state index contributed by atoms with van der Waals surface area (Å²) in [6, 6.07) is 19.7. The zero-order valence-corrected chi connectivity index (χ0v) is 26.6. The maximum Gasteiger partial charge on any atom is 0.234 e. The Morgan fingerprint density at radius 2 is 1.84 bits per heavy atom. The van der Waals surface area contributed by atoms with Crippen molar-refractivity contribution in [1.82, 2.24) is 24.8 Å². The number of likely N-dealkylation sites (N-methyl/N-ethyl adjacent to an activating group) is 2. The van der Waals surface area contributed by atoms with E-state index in [1.165, 1.54) is 5.56 Å². The first kappa shape index (κ1) is 30.0. The van der Waals surface area contributed by atoms with Gasteiger partial charge in [0.25, 0.3) is 0 Å². The summed E-state index contributed by atoms with van der Waals surface area (Å²) in [5.74, 6) is 0.381. The summed E-state index contributed by atoms with van der Waals surface area (Å²) in [6.07, 6.45) is 6.07. The van der Waals surface area contributed by atoms with Crippen LogP contribution in [0.25, 0.3) is 21.9 Å². The Labute approximate surface area is 259 Å². The average Bonchev–Trinajstić information content (AvgIpc) is 3.31. The van der Waals surface area contributed by atoms with E-state index >= 15 is 0 Å². The van der Waals surface area contributed by atoms with Crippen molar-refractivity contribution in [2.24, 2.45) is 16.3 Å². The summed E-state index contributed by atoms with van der Waals surface area (Å²) >= 11 is 0. The zero-order valence-electron chi connectivity index (χ0n) is 26.6. The number of hydrogen-bond donors (Lipinski definition) is 1. The van der Waals surface area contributed by atoms with Gasteiger partial charge in [-0.15, -0.1) is 5.11 Å². The molecular formula is C35H43N7O2. The molecule has 0 aliphatic carbocycles. The summed E-state index contributed by atoms with van der Waals surface area (Å²) < 4.78 is 8.34.